The predicted molar refractivity (Wildman–Crippen MR) is 56.1 cm³/mol. The van der Waals surface area contributed by atoms with Crippen LogP contribution in [-0.4, -0.2) is 17.1 Å². The number of rotatable bonds is 3. The van der Waals surface area contributed by atoms with Crippen LogP contribution in [0.15, 0.2) is 16.5 Å². The summed E-state index contributed by atoms with van der Waals surface area (Å²) in [5, 5.41) is 11.9. The Morgan fingerprint density at radius 3 is 2.87 bits per heavy atom. The first-order valence-electron chi connectivity index (χ1n) is 5.26. The molecule has 1 aliphatic carbocycles. The molecule has 0 amide bonds. The van der Waals surface area contributed by atoms with E-state index < -0.39 is 5.97 Å². The summed E-state index contributed by atoms with van der Waals surface area (Å²) in [5.41, 5.74) is 0. The SMILES string of the molecule is CC1CCCC1Nc1ccc(C(=O)O)o1. The Kier molecular flexibility index (Phi) is 2.66. The molecule has 4 heteroatoms. The molecule has 15 heavy (non-hydrogen) atoms. The van der Waals surface area contributed by atoms with Crippen LogP contribution in [0.25, 0.3) is 0 Å². The lowest BCUT2D eigenvalue weighted by Crippen LogP contribution is -2.21. The number of hydrogen-bond acceptors (Lipinski definition) is 3. The van der Waals surface area contributed by atoms with E-state index in [1.165, 1.54) is 18.9 Å². The maximum atomic E-state index is 10.6. The van der Waals surface area contributed by atoms with Crippen molar-refractivity contribution in [3.63, 3.8) is 0 Å². The van der Waals surface area contributed by atoms with Crippen molar-refractivity contribution in [3.8, 4) is 0 Å². The first-order valence-corrected chi connectivity index (χ1v) is 5.26. The highest BCUT2D eigenvalue weighted by Gasteiger charge is 2.24. The van der Waals surface area contributed by atoms with Crippen molar-refractivity contribution in [2.75, 3.05) is 5.32 Å². The van der Waals surface area contributed by atoms with Gasteiger partial charge in [0.15, 0.2) is 5.88 Å². The number of nitrogens with one attached hydrogen (secondary N) is 1. The van der Waals surface area contributed by atoms with Gasteiger partial charge in [0.1, 0.15) is 0 Å². The minimum absolute atomic E-state index is 0.0110. The van der Waals surface area contributed by atoms with E-state index in [0.717, 1.165) is 6.42 Å². The second-order valence-electron chi connectivity index (χ2n) is 4.13. The Labute approximate surface area is 88.3 Å². The normalized spacial score (nSPS) is 25.4. The maximum Gasteiger partial charge on any atom is 0.371 e. The quantitative estimate of drug-likeness (QED) is 0.803. The third kappa shape index (κ3) is 2.14. The molecule has 2 N–H and O–H groups in total. The summed E-state index contributed by atoms with van der Waals surface area (Å²) in [7, 11) is 0. The standard InChI is InChI=1S/C11H15NO3/c1-7-3-2-4-8(7)12-10-6-5-9(15-10)11(13)14/h5-8,12H,2-4H2,1H3,(H,13,14). The molecule has 1 aromatic heterocycles. The summed E-state index contributed by atoms with van der Waals surface area (Å²) in [6.07, 6.45) is 3.58. The molecule has 0 radical (unpaired) electrons. The molecule has 1 heterocycles. The molecular formula is C11H15NO3. The molecule has 1 fully saturated rings. The lowest BCUT2D eigenvalue weighted by atomic mass is 10.1. The van der Waals surface area contributed by atoms with Crippen LogP contribution in [0.1, 0.15) is 36.7 Å². The Bertz CT molecular complexity index is 358. The zero-order valence-corrected chi connectivity index (χ0v) is 8.69. The first-order chi connectivity index (χ1) is 7.16. The summed E-state index contributed by atoms with van der Waals surface area (Å²) in [5.74, 6) is 0.153. The van der Waals surface area contributed by atoms with Crippen LogP contribution in [0.4, 0.5) is 5.88 Å². The maximum absolute atomic E-state index is 10.6. The fourth-order valence-corrected chi connectivity index (χ4v) is 2.07. The van der Waals surface area contributed by atoms with Crippen LogP contribution in [0.5, 0.6) is 0 Å². The largest absolute Gasteiger partial charge is 0.475 e. The molecule has 1 aliphatic rings. The van der Waals surface area contributed by atoms with E-state index in [0.29, 0.717) is 17.8 Å². The van der Waals surface area contributed by atoms with E-state index in [9.17, 15) is 4.79 Å². The van der Waals surface area contributed by atoms with Crippen LogP contribution in [0, 0.1) is 5.92 Å². The van der Waals surface area contributed by atoms with Crippen molar-refractivity contribution in [2.45, 2.75) is 32.2 Å². The van der Waals surface area contributed by atoms with Gasteiger partial charge < -0.3 is 14.8 Å². The van der Waals surface area contributed by atoms with Crippen LogP contribution in [0.2, 0.25) is 0 Å². The van der Waals surface area contributed by atoms with E-state index >= 15 is 0 Å². The molecule has 0 spiro atoms. The lowest BCUT2D eigenvalue weighted by molar-refractivity contribution is 0.0663. The van der Waals surface area contributed by atoms with Gasteiger partial charge in [0.2, 0.25) is 5.76 Å². The summed E-state index contributed by atoms with van der Waals surface area (Å²) >= 11 is 0. The highest BCUT2D eigenvalue weighted by Crippen LogP contribution is 2.28. The van der Waals surface area contributed by atoms with E-state index in [4.69, 9.17) is 9.52 Å². The second kappa shape index (κ2) is 3.96. The van der Waals surface area contributed by atoms with E-state index in [1.54, 1.807) is 6.07 Å². The van der Waals surface area contributed by atoms with Crippen molar-refractivity contribution < 1.29 is 14.3 Å². The van der Waals surface area contributed by atoms with Crippen LogP contribution in [0.3, 0.4) is 0 Å². The molecule has 0 aromatic carbocycles. The smallest absolute Gasteiger partial charge is 0.371 e. The molecule has 0 aliphatic heterocycles. The molecular weight excluding hydrogens is 194 g/mol. The van der Waals surface area contributed by atoms with Gasteiger partial charge in [-0.15, -0.1) is 0 Å². The van der Waals surface area contributed by atoms with Gasteiger partial charge >= 0.3 is 5.97 Å². The number of furan rings is 1. The van der Waals surface area contributed by atoms with Gasteiger partial charge in [-0.2, -0.15) is 0 Å². The highest BCUT2D eigenvalue weighted by atomic mass is 16.4. The van der Waals surface area contributed by atoms with Gasteiger partial charge in [0, 0.05) is 12.1 Å². The Balaban J connectivity index is 2.01. The number of hydrogen-bond donors (Lipinski definition) is 2. The highest BCUT2D eigenvalue weighted by molar-refractivity contribution is 5.84. The van der Waals surface area contributed by atoms with Crippen molar-refractivity contribution in [1.29, 1.82) is 0 Å². The second-order valence-corrected chi connectivity index (χ2v) is 4.13. The van der Waals surface area contributed by atoms with Crippen LogP contribution >= 0.6 is 0 Å². The van der Waals surface area contributed by atoms with Gasteiger partial charge in [-0.1, -0.05) is 13.3 Å². The Hall–Kier alpha value is -1.45. The molecule has 0 bridgehead atoms. The summed E-state index contributed by atoms with van der Waals surface area (Å²) in [4.78, 5) is 10.6. The first kappa shape index (κ1) is 10.1. The average Bonchev–Trinajstić information content (AvgIpc) is 2.77. The van der Waals surface area contributed by atoms with Crippen LogP contribution < -0.4 is 5.32 Å². The van der Waals surface area contributed by atoms with Crippen LogP contribution in [-0.2, 0) is 0 Å². The van der Waals surface area contributed by atoms with Crippen molar-refractivity contribution in [1.82, 2.24) is 0 Å². The minimum Gasteiger partial charge on any atom is -0.475 e. The van der Waals surface area contributed by atoms with Crippen molar-refractivity contribution in [2.24, 2.45) is 5.92 Å². The lowest BCUT2D eigenvalue weighted by Gasteiger charge is -2.16. The monoisotopic (exact) mass is 209 g/mol. The fraction of sp³-hybridized carbons (Fsp3) is 0.545. The topological polar surface area (TPSA) is 62.5 Å². The van der Waals surface area contributed by atoms with E-state index in [-0.39, 0.29) is 5.76 Å². The number of carboxylic acids is 1. The molecule has 4 nitrogen and oxygen atoms in total. The number of carboxylic acid groups (broad SMARTS) is 1. The van der Waals surface area contributed by atoms with Crippen molar-refractivity contribution in [3.05, 3.63) is 17.9 Å². The Morgan fingerprint density at radius 1 is 1.53 bits per heavy atom. The number of anilines is 1. The molecule has 2 unspecified atom stereocenters. The third-order valence-corrected chi connectivity index (χ3v) is 3.01. The average molecular weight is 209 g/mol. The molecule has 1 aromatic rings. The van der Waals surface area contributed by atoms with Crippen molar-refractivity contribution >= 4 is 11.9 Å². The zero-order valence-electron chi connectivity index (χ0n) is 8.69. The molecule has 2 rings (SSSR count). The van der Waals surface area contributed by atoms with Gasteiger partial charge in [0.25, 0.3) is 0 Å². The fourth-order valence-electron chi connectivity index (χ4n) is 2.07. The predicted octanol–water partition coefficient (Wildman–Crippen LogP) is 2.58. The van der Waals surface area contributed by atoms with Gasteiger partial charge in [-0.05, 0) is 24.8 Å². The third-order valence-electron chi connectivity index (χ3n) is 3.01. The molecule has 0 saturated heterocycles. The van der Waals surface area contributed by atoms with E-state index in [2.05, 4.69) is 12.2 Å². The number of aromatic carboxylic acids is 1. The summed E-state index contributed by atoms with van der Waals surface area (Å²) in [6, 6.07) is 3.57. The molecule has 1 saturated carbocycles. The van der Waals surface area contributed by atoms with E-state index in [1.807, 2.05) is 0 Å². The molecule has 82 valence electrons. The van der Waals surface area contributed by atoms with Gasteiger partial charge in [0.05, 0.1) is 0 Å². The minimum atomic E-state index is -1.03. The summed E-state index contributed by atoms with van der Waals surface area (Å²) < 4.78 is 5.14. The van der Waals surface area contributed by atoms with Gasteiger partial charge in [-0.3, -0.25) is 0 Å². The zero-order chi connectivity index (χ0) is 10.8. The van der Waals surface area contributed by atoms with Gasteiger partial charge in [-0.25, -0.2) is 4.79 Å². The number of carbonyl (C=O) groups is 1. The molecule has 2 atom stereocenters. The summed E-state index contributed by atoms with van der Waals surface area (Å²) in [6.45, 7) is 2.20. The Morgan fingerprint density at radius 2 is 2.33 bits per heavy atom.